The molecule has 0 aromatic carbocycles. The minimum Gasteiger partial charge on any atom is -0.480 e. The van der Waals surface area contributed by atoms with Crippen molar-refractivity contribution in [1.29, 1.82) is 0 Å². The standard InChI is InChI=1S/C11H15N7O3/c1-6(9-14-5-15-18-9)16-11(21)17-8(10(19)20)2-7-3-12-4-13-7/h3-6,8H,2H2,1H3,(H,12,13)(H,19,20)(H,14,15,18)(H2,16,17,21)/t6?,8-/m0/s1. The first-order valence-electron chi connectivity index (χ1n) is 6.18. The van der Waals surface area contributed by atoms with E-state index >= 15 is 0 Å². The van der Waals surface area contributed by atoms with E-state index < -0.39 is 24.1 Å². The summed E-state index contributed by atoms with van der Waals surface area (Å²) in [7, 11) is 0. The lowest BCUT2D eigenvalue weighted by Gasteiger charge is -2.16. The molecule has 1 unspecified atom stereocenters. The number of nitrogens with zero attached hydrogens (tertiary/aromatic N) is 3. The maximum atomic E-state index is 11.8. The minimum atomic E-state index is -1.13. The largest absolute Gasteiger partial charge is 0.480 e. The Labute approximate surface area is 119 Å². The van der Waals surface area contributed by atoms with Crippen LogP contribution < -0.4 is 10.6 Å². The molecule has 0 saturated heterocycles. The highest BCUT2D eigenvalue weighted by Crippen LogP contribution is 2.04. The molecular weight excluding hydrogens is 278 g/mol. The van der Waals surface area contributed by atoms with Crippen LogP contribution >= 0.6 is 0 Å². The van der Waals surface area contributed by atoms with Gasteiger partial charge in [0.25, 0.3) is 0 Å². The molecule has 0 aliphatic carbocycles. The molecule has 112 valence electrons. The molecule has 21 heavy (non-hydrogen) atoms. The first kappa shape index (κ1) is 14.5. The number of urea groups is 1. The Balaban J connectivity index is 1.90. The summed E-state index contributed by atoms with van der Waals surface area (Å²) in [6.07, 6.45) is 4.39. The summed E-state index contributed by atoms with van der Waals surface area (Å²) in [5.74, 6) is -0.655. The van der Waals surface area contributed by atoms with Crippen molar-refractivity contribution in [3.8, 4) is 0 Å². The van der Waals surface area contributed by atoms with Gasteiger partial charge in [-0.15, -0.1) is 0 Å². The van der Waals surface area contributed by atoms with Gasteiger partial charge in [-0.3, -0.25) is 5.10 Å². The second-order valence-corrected chi connectivity index (χ2v) is 4.38. The zero-order valence-corrected chi connectivity index (χ0v) is 11.2. The van der Waals surface area contributed by atoms with Crippen LogP contribution in [0, 0.1) is 0 Å². The smallest absolute Gasteiger partial charge is 0.326 e. The molecule has 0 radical (unpaired) electrons. The molecule has 5 N–H and O–H groups in total. The van der Waals surface area contributed by atoms with Crippen LogP contribution in [0.5, 0.6) is 0 Å². The van der Waals surface area contributed by atoms with Gasteiger partial charge in [0.05, 0.1) is 12.4 Å². The third kappa shape index (κ3) is 4.03. The molecule has 10 nitrogen and oxygen atoms in total. The lowest BCUT2D eigenvalue weighted by Crippen LogP contribution is -2.47. The van der Waals surface area contributed by atoms with Gasteiger partial charge in [-0.1, -0.05) is 0 Å². The highest BCUT2D eigenvalue weighted by molar-refractivity contribution is 5.82. The number of hydrogen-bond acceptors (Lipinski definition) is 5. The number of imidazole rings is 1. The first-order chi connectivity index (χ1) is 10.1. The Bertz CT molecular complexity index is 581. The minimum absolute atomic E-state index is 0.111. The number of carboxylic acids is 1. The average molecular weight is 293 g/mol. The monoisotopic (exact) mass is 293 g/mol. The Hall–Kier alpha value is -2.91. The Kier molecular flexibility index (Phi) is 4.49. The van der Waals surface area contributed by atoms with Gasteiger partial charge in [-0.2, -0.15) is 5.10 Å². The topological polar surface area (TPSA) is 149 Å². The number of aliphatic carboxylic acids is 1. The van der Waals surface area contributed by atoms with Gasteiger partial charge in [0, 0.05) is 18.3 Å². The van der Waals surface area contributed by atoms with E-state index in [9.17, 15) is 9.59 Å². The van der Waals surface area contributed by atoms with Crippen molar-refractivity contribution >= 4 is 12.0 Å². The van der Waals surface area contributed by atoms with Crippen molar-refractivity contribution in [2.75, 3.05) is 0 Å². The molecule has 0 spiro atoms. The van der Waals surface area contributed by atoms with Crippen LogP contribution in [0.4, 0.5) is 4.79 Å². The van der Waals surface area contributed by atoms with Crippen molar-refractivity contribution in [2.24, 2.45) is 0 Å². The highest BCUT2D eigenvalue weighted by atomic mass is 16.4. The van der Waals surface area contributed by atoms with Crippen LogP contribution in [-0.4, -0.2) is 48.3 Å². The predicted octanol–water partition coefficient (Wildman–Crippen LogP) is -0.416. The molecule has 0 aliphatic rings. The normalized spacial score (nSPS) is 13.4. The molecule has 0 bridgehead atoms. The van der Waals surface area contributed by atoms with E-state index in [1.807, 2.05) is 0 Å². The van der Waals surface area contributed by atoms with Crippen LogP contribution in [-0.2, 0) is 11.2 Å². The van der Waals surface area contributed by atoms with Gasteiger partial charge < -0.3 is 20.7 Å². The summed E-state index contributed by atoms with van der Waals surface area (Å²) in [5.41, 5.74) is 0.617. The number of aromatic amines is 2. The van der Waals surface area contributed by atoms with E-state index in [1.165, 1.54) is 18.9 Å². The van der Waals surface area contributed by atoms with Crippen molar-refractivity contribution < 1.29 is 14.7 Å². The van der Waals surface area contributed by atoms with Crippen LogP contribution in [0.15, 0.2) is 18.9 Å². The number of aromatic nitrogens is 5. The fourth-order valence-corrected chi connectivity index (χ4v) is 1.70. The van der Waals surface area contributed by atoms with Gasteiger partial charge in [-0.05, 0) is 6.92 Å². The molecule has 2 aromatic heterocycles. The molecule has 0 aliphatic heterocycles. The molecule has 2 aromatic rings. The third-order valence-electron chi connectivity index (χ3n) is 2.77. The van der Waals surface area contributed by atoms with Gasteiger partial charge in [0.2, 0.25) is 0 Å². The second-order valence-electron chi connectivity index (χ2n) is 4.38. The molecule has 0 fully saturated rings. The molecule has 2 rings (SSSR count). The molecule has 2 atom stereocenters. The van der Waals surface area contributed by atoms with E-state index in [4.69, 9.17) is 5.11 Å². The predicted molar refractivity (Wildman–Crippen MR) is 70.2 cm³/mol. The number of rotatable bonds is 6. The van der Waals surface area contributed by atoms with Crippen molar-refractivity contribution in [1.82, 2.24) is 35.8 Å². The Morgan fingerprint density at radius 3 is 2.81 bits per heavy atom. The number of nitrogens with one attached hydrogen (secondary N) is 4. The maximum Gasteiger partial charge on any atom is 0.326 e. The molecule has 0 saturated carbocycles. The maximum absolute atomic E-state index is 11.8. The number of amides is 2. The Morgan fingerprint density at radius 2 is 2.24 bits per heavy atom. The number of carbonyl (C=O) groups is 2. The van der Waals surface area contributed by atoms with E-state index in [0.29, 0.717) is 11.5 Å². The Morgan fingerprint density at radius 1 is 1.43 bits per heavy atom. The number of carbonyl (C=O) groups excluding carboxylic acids is 1. The number of hydrogen-bond donors (Lipinski definition) is 5. The van der Waals surface area contributed by atoms with Crippen LogP contribution in [0.25, 0.3) is 0 Å². The second kappa shape index (κ2) is 6.50. The summed E-state index contributed by atoms with van der Waals surface area (Å²) in [4.78, 5) is 33.5. The van der Waals surface area contributed by atoms with E-state index in [0.717, 1.165) is 0 Å². The fraction of sp³-hybridized carbons (Fsp3) is 0.364. The van der Waals surface area contributed by atoms with Gasteiger partial charge in [-0.25, -0.2) is 19.6 Å². The van der Waals surface area contributed by atoms with Gasteiger partial charge >= 0.3 is 12.0 Å². The molecular formula is C11H15N7O3. The van der Waals surface area contributed by atoms with Crippen LogP contribution in [0.1, 0.15) is 24.5 Å². The SMILES string of the molecule is CC(NC(=O)N[C@@H](Cc1cnc[nH]1)C(=O)O)c1ncn[nH]1. The summed E-state index contributed by atoms with van der Waals surface area (Å²) >= 11 is 0. The molecule has 2 heterocycles. The zero-order chi connectivity index (χ0) is 15.2. The fourth-order valence-electron chi connectivity index (χ4n) is 1.70. The van der Waals surface area contributed by atoms with Crippen LogP contribution in [0.3, 0.4) is 0 Å². The zero-order valence-electron chi connectivity index (χ0n) is 11.2. The highest BCUT2D eigenvalue weighted by Gasteiger charge is 2.22. The van der Waals surface area contributed by atoms with E-state index in [1.54, 1.807) is 6.92 Å². The summed E-state index contributed by atoms with van der Waals surface area (Å²) in [6.45, 7) is 1.70. The lowest BCUT2D eigenvalue weighted by molar-refractivity contribution is -0.139. The summed E-state index contributed by atoms with van der Waals surface area (Å²) in [5, 5.41) is 20.4. The third-order valence-corrected chi connectivity index (χ3v) is 2.77. The van der Waals surface area contributed by atoms with Crippen molar-refractivity contribution in [2.45, 2.75) is 25.4 Å². The van der Waals surface area contributed by atoms with E-state index in [-0.39, 0.29) is 6.42 Å². The molecule has 2 amide bonds. The van der Waals surface area contributed by atoms with Gasteiger partial charge in [0.15, 0.2) is 0 Å². The van der Waals surface area contributed by atoms with Crippen molar-refractivity contribution in [3.05, 3.63) is 30.4 Å². The van der Waals surface area contributed by atoms with Crippen molar-refractivity contribution in [3.63, 3.8) is 0 Å². The average Bonchev–Trinajstić information content (AvgIpc) is 3.10. The van der Waals surface area contributed by atoms with E-state index in [2.05, 4.69) is 35.8 Å². The summed E-state index contributed by atoms with van der Waals surface area (Å²) in [6, 6.07) is -2.09. The number of H-pyrrole nitrogens is 2. The van der Waals surface area contributed by atoms with Crippen LogP contribution in [0.2, 0.25) is 0 Å². The first-order valence-corrected chi connectivity index (χ1v) is 6.18. The quantitative estimate of drug-likeness (QED) is 0.488. The molecule has 10 heteroatoms. The summed E-state index contributed by atoms with van der Waals surface area (Å²) < 4.78 is 0. The van der Waals surface area contributed by atoms with Gasteiger partial charge in [0.1, 0.15) is 18.2 Å². The lowest BCUT2D eigenvalue weighted by atomic mass is 10.1. The number of carboxylic acid groups (broad SMARTS) is 1.